The third kappa shape index (κ3) is 7.72. The van der Waals surface area contributed by atoms with Crippen molar-refractivity contribution in [2.24, 2.45) is 0 Å². The molecule has 110 valence electrons. The normalized spacial score (nSPS) is 12.6. The lowest BCUT2D eigenvalue weighted by Gasteiger charge is -2.02. The van der Waals surface area contributed by atoms with Crippen LogP contribution in [0, 0.1) is 0 Å². The standard InChI is InChI=1S/C17H27N3/c1-15(2)7-5-8-16(3)9-6-10-17(4)11-13-20-14-12-18-19-20/h7,9,11-12,14H,5-6,8,10,13H2,1-4H3. The Hall–Kier alpha value is -1.64. The van der Waals surface area contributed by atoms with Gasteiger partial charge in [-0.15, -0.1) is 5.10 Å². The predicted molar refractivity (Wildman–Crippen MR) is 85.4 cm³/mol. The molecule has 3 heteroatoms. The minimum Gasteiger partial charge on any atom is -0.249 e. The monoisotopic (exact) mass is 273 g/mol. The summed E-state index contributed by atoms with van der Waals surface area (Å²) >= 11 is 0. The summed E-state index contributed by atoms with van der Waals surface area (Å²) < 4.78 is 1.84. The number of aromatic nitrogens is 3. The molecule has 1 heterocycles. The zero-order valence-corrected chi connectivity index (χ0v) is 13.3. The zero-order chi connectivity index (χ0) is 14.8. The van der Waals surface area contributed by atoms with Gasteiger partial charge in [0.2, 0.25) is 0 Å². The molecule has 0 radical (unpaired) electrons. The zero-order valence-electron chi connectivity index (χ0n) is 13.3. The number of hydrogen-bond acceptors (Lipinski definition) is 2. The maximum absolute atomic E-state index is 3.95. The van der Waals surface area contributed by atoms with Crippen LogP contribution in [0.5, 0.6) is 0 Å². The minimum atomic E-state index is 0.815. The smallest absolute Gasteiger partial charge is 0.0693 e. The summed E-state index contributed by atoms with van der Waals surface area (Å²) in [5.41, 5.74) is 4.31. The van der Waals surface area contributed by atoms with Crippen LogP contribution in [0.4, 0.5) is 0 Å². The van der Waals surface area contributed by atoms with Gasteiger partial charge in [-0.1, -0.05) is 40.2 Å². The maximum Gasteiger partial charge on any atom is 0.0693 e. The Morgan fingerprint density at radius 3 is 2.20 bits per heavy atom. The van der Waals surface area contributed by atoms with E-state index in [-0.39, 0.29) is 0 Å². The van der Waals surface area contributed by atoms with Gasteiger partial charge in [-0.25, -0.2) is 4.68 Å². The Balaban J connectivity index is 2.24. The van der Waals surface area contributed by atoms with Gasteiger partial charge >= 0.3 is 0 Å². The SMILES string of the molecule is CC(C)=CCCC(C)=CCCC(C)=CCn1ccnn1. The lowest BCUT2D eigenvalue weighted by atomic mass is 10.1. The Morgan fingerprint density at radius 1 is 0.950 bits per heavy atom. The molecule has 1 rings (SSSR count). The van der Waals surface area contributed by atoms with E-state index >= 15 is 0 Å². The van der Waals surface area contributed by atoms with E-state index in [1.165, 1.54) is 23.1 Å². The van der Waals surface area contributed by atoms with Crippen molar-refractivity contribution in [3.63, 3.8) is 0 Å². The molecule has 0 aliphatic carbocycles. The van der Waals surface area contributed by atoms with E-state index in [1.807, 2.05) is 10.9 Å². The highest BCUT2D eigenvalue weighted by Gasteiger charge is 1.93. The van der Waals surface area contributed by atoms with Gasteiger partial charge < -0.3 is 0 Å². The summed E-state index contributed by atoms with van der Waals surface area (Å²) in [5, 5.41) is 7.75. The van der Waals surface area contributed by atoms with Crippen LogP contribution < -0.4 is 0 Å². The molecule has 1 aromatic rings. The Morgan fingerprint density at radius 2 is 1.60 bits per heavy atom. The van der Waals surface area contributed by atoms with Crippen LogP contribution in [0.15, 0.2) is 47.3 Å². The summed E-state index contributed by atoms with van der Waals surface area (Å²) in [6, 6.07) is 0. The highest BCUT2D eigenvalue weighted by molar-refractivity contribution is 5.05. The van der Waals surface area contributed by atoms with Gasteiger partial charge in [0.05, 0.1) is 12.7 Å². The molecule has 0 unspecified atom stereocenters. The highest BCUT2D eigenvalue weighted by atomic mass is 15.4. The molecule has 0 aliphatic rings. The molecule has 1 aromatic heterocycles. The van der Waals surface area contributed by atoms with Crippen LogP contribution in [-0.2, 0) is 6.54 Å². The molecular weight excluding hydrogens is 246 g/mol. The summed E-state index contributed by atoms with van der Waals surface area (Å²) in [4.78, 5) is 0. The second kappa shape index (κ2) is 9.29. The van der Waals surface area contributed by atoms with Crippen LogP contribution in [-0.4, -0.2) is 15.0 Å². The van der Waals surface area contributed by atoms with E-state index < -0.39 is 0 Å². The molecule has 0 aliphatic heterocycles. The largest absolute Gasteiger partial charge is 0.249 e. The topological polar surface area (TPSA) is 30.7 Å². The van der Waals surface area contributed by atoms with Gasteiger partial charge in [0, 0.05) is 6.20 Å². The van der Waals surface area contributed by atoms with Crippen molar-refractivity contribution in [2.75, 3.05) is 0 Å². The number of rotatable bonds is 8. The van der Waals surface area contributed by atoms with E-state index in [4.69, 9.17) is 0 Å². The first kappa shape index (κ1) is 16.4. The molecule has 0 saturated carbocycles. The second-order valence-electron chi connectivity index (χ2n) is 5.58. The molecule has 0 saturated heterocycles. The predicted octanol–water partition coefficient (Wildman–Crippen LogP) is 4.70. The average Bonchev–Trinajstić information content (AvgIpc) is 2.89. The fourth-order valence-corrected chi connectivity index (χ4v) is 1.92. The van der Waals surface area contributed by atoms with Crippen molar-refractivity contribution in [3.8, 4) is 0 Å². The first-order valence-corrected chi connectivity index (χ1v) is 7.36. The molecule has 0 bridgehead atoms. The fraction of sp³-hybridized carbons (Fsp3) is 0.529. The van der Waals surface area contributed by atoms with Crippen molar-refractivity contribution in [3.05, 3.63) is 47.3 Å². The van der Waals surface area contributed by atoms with Crippen molar-refractivity contribution in [2.45, 2.75) is 59.9 Å². The first-order valence-electron chi connectivity index (χ1n) is 7.36. The van der Waals surface area contributed by atoms with E-state index in [9.17, 15) is 0 Å². The van der Waals surface area contributed by atoms with Crippen molar-refractivity contribution >= 4 is 0 Å². The fourth-order valence-electron chi connectivity index (χ4n) is 1.92. The molecule has 0 atom stereocenters. The Kier molecular flexibility index (Phi) is 7.63. The summed E-state index contributed by atoms with van der Waals surface area (Å²) in [7, 11) is 0. The maximum atomic E-state index is 3.95. The van der Waals surface area contributed by atoms with Gasteiger partial charge in [-0.2, -0.15) is 0 Å². The molecular formula is C17H27N3. The van der Waals surface area contributed by atoms with Crippen LogP contribution in [0.25, 0.3) is 0 Å². The van der Waals surface area contributed by atoms with Crippen LogP contribution in [0.2, 0.25) is 0 Å². The second-order valence-corrected chi connectivity index (χ2v) is 5.58. The van der Waals surface area contributed by atoms with E-state index in [0.717, 1.165) is 25.8 Å². The Labute approximate surface area is 123 Å². The molecule has 3 nitrogen and oxygen atoms in total. The van der Waals surface area contributed by atoms with Crippen LogP contribution in [0.1, 0.15) is 53.4 Å². The first-order chi connectivity index (χ1) is 9.58. The average molecular weight is 273 g/mol. The minimum absolute atomic E-state index is 0.815. The molecule has 0 aromatic carbocycles. The van der Waals surface area contributed by atoms with Crippen molar-refractivity contribution < 1.29 is 0 Å². The molecule has 0 spiro atoms. The highest BCUT2D eigenvalue weighted by Crippen LogP contribution is 2.11. The van der Waals surface area contributed by atoms with Crippen molar-refractivity contribution in [1.82, 2.24) is 15.0 Å². The summed E-state index contributed by atoms with van der Waals surface area (Å²) in [5.74, 6) is 0. The third-order valence-electron chi connectivity index (χ3n) is 3.22. The van der Waals surface area contributed by atoms with Gasteiger partial charge in [0.1, 0.15) is 0 Å². The summed E-state index contributed by atoms with van der Waals surface area (Å²) in [6.07, 6.45) is 15.1. The lowest BCUT2D eigenvalue weighted by Crippen LogP contribution is -1.96. The third-order valence-corrected chi connectivity index (χ3v) is 3.22. The lowest BCUT2D eigenvalue weighted by molar-refractivity contribution is 0.657. The van der Waals surface area contributed by atoms with E-state index in [0.29, 0.717) is 0 Å². The summed E-state index contributed by atoms with van der Waals surface area (Å²) in [6.45, 7) is 9.54. The van der Waals surface area contributed by atoms with Crippen LogP contribution >= 0.6 is 0 Å². The van der Waals surface area contributed by atoms with Gasteiger partial charge in [-0.05, 0) is 53.4 Å². The Bertz CT molecular complexity index is 460. The van der Waals surface area contributed by atoms with Gasteiger partial charge in [0.25, 0.3) is 0 Å². The number of hydrogen-bond donors (Lipinski definition) is 0. The number of allylic oxidation sites excluding steroid dienone is 6. The van der Waals surface area contributed by atoms with Gasteiger partial charge in [-0.3, -0.25) is 0 Å². The molecule has 0 N–H and O–H groups in total. The van der Waals surface area contributed by atoms with Crippen LogP contribution in [0.3, 0.4) is 0 Å². The number of nitrogens with zero attached hydrogens (tertiary/aromatic N) is 3. The quantitative estimate of drug-likeness (QED) is 0.643. The van der Waals surface area contributed by atoms with E-state index in [1.54, 1.807) is 6.20 Å². The molecule has 20 heavy (non-hydrogen) atoms. The van der Waals surface area contributed by atoms with Gasteiger partial charge in [0.15, 0.2) is 0 Å². The van der Waals surface area contributed by atoms with Crippen molar-refractivity contribution in [1.29, 1.82) is 0 Å². The molecule has 0 amide bonds. The molecule has 0 fully saturated rings. The van der Waals surface area contributed by atoms with E-state index in [2.05, 4.69) is 56.2 Å².